The van der Waals surface area contributed by atoms with Crippen molar-refractivity contribution in [1.82, 2.24) is 9.97 Å². The van der Waals surface area contributed by atoms with E-state index in [1.807, 2.05) is 0 Å². The third kappa shape index (κ3) is 3.61. The molecule has 0 aromatic carbocycles. The Bertz CT molecular complexity index is 417. The van der Waals surface area contributed by atoms with E-state index in [4.69, 9.17) is 18.0 Å². The Morgan fingerprint density at radius 3 is 2.58 bits per heavy atom. The molecule has 0 spiro atoms. The first-order chi connectivity index (χ1) is 9.22. The first-order valence-electron chi connectivity index (χ1n) is 6.71. The minimum absolute atomic E-state index is 0.120. The summed E-state index contributed by atoms with van der Waals surface area (Å²) < 4.78 is 0. The van der Waals surface area contributed by atoms with Crippen LogP contribution in [-0.2, 0) is 0 Å². The Balaban J connectivity index is 2.15. The van der Waals surface area contributed by atoms with Crippen molar-refractivity contribution in [2.75, 3.05) is 18.1 Å². The summed E-state index contributed by atoms with van der Waals surface area (Å²) >= 11 is 4.87. The molecule has 1 fully saturated rings. The molecule has 1 aromatic rings. The molecule has 2 rings (SSSR count). The van der Waals surface area contributed by atoms with Crippen LogP contribution in [0.15, 0.2) is 12.4 Å². The van der Waals surface area contributed by atoms with Crippen molar-refractivity contribution in [2.24, 2.45) is 5.73 Å². The maximum Gasteiger partial charge on any atom is 0.147 e. The van der Waals surface area contributed by atoms with Crippen molar-refractivity contribution >= 4 is 23.0 Å². The van der Waals surface area contributed by atoms with Gasteiger partial charge in [-0.1, -0.05) is 31.5 Å². The van der Waals surface area contributed by atoms with Crippen LogP contribution >= 0.6 is 12.2 Å². The first-order valence-corrected chi connectivity index (χ1v) is 7.12. The van der Waals surface area contributed by atoms with E-state index >= 15 is 0 Å². The van der Waals surface area contributed by atoms with Crippen molar-refractivity contribution in [1.29, 1.82) is 0 Å². The second-order valence-electron chi connectivity index (χ2n) is 4.83. The van der Waals surface area contributed by atoms with E-state index in [1.54, 1.807) is 12.4 Å². The number of anilines is 1. The highest BCUT2D eigenvalue weighted by atomic mass is 32.1. The molecular weight excluding hydrogens is 260 g/mol. The molecule has 0 radical (unpaired) electrons. The summed E-state index contributed by atoms with van der Waals surface area (Å²) in [5.74, 6) is 0.793. The van der Waals surface area contributed by atoms with Gasteiger partial charge in [0.05, 0.1) is 19.0 Å². The van der Waals surface area contributed by atoms with Crippen LogP contribution in [0.25, 0.3) is 0 Å². The molecular formula is C13H20N4OS. The van der Waals surface area contributed by atoms with E-state index in [9.17, 15) is 5.11 Å². The summed E-state index contributed by atoms with van der Waals surface area (Å²) in [6, 6.07) is 0.450. The minimum atomic E-state index is 0.120. The summed E-state index contributed by atoms with van der Waals surface area (Å²) in [7, 11) is 0. The molecule has 0 atom stereocenters. The van der Waals surface area contributed by atoms with Gasteiger partial charge in [0.2, 0.25) is 0 Å². The lowest BCUT2D eigenvalue weighted by molar-refractivity contribution is 0.289. The van der Waals surface area contributed by atoms with E-state index in [-0.39, 0.29) is 11.6 Å². The van der Waals surface area contributed by atoms with Crippen LogP contribution in [0, 0.1) is 0 Å². The number of hydrogen-bond acceptors (Lipinski definition) is 5. The Labute approximate surface area is 118 Å². The number of aliphatic hydroxyl groups excluding tert-OH is 1. The minimum Gasteiger partial charge on any atom is -0.395 e. The Kier molecular flexibility index (Phi) is 5.04. The highest BCUT2D eigenvalue weighted by molar-refractivity contribution is 7.80. The lowest BCUT2D eigenvalue weighted by atomic mass is 9.94. The van der Waals surface area contributed by atoms with E-state index in [0.717, 1.165) is 18.7 Å². The smallest absolute Gasteiger partial charge is 0.147 e. The van der Waals surface area contributed by atoms with Crippen molar-refractivity contribution in [3.05, 3.63) is 18.1 Å². The summed E-state index contributed by atoms with van der Waals surface area (Å²) in [6.45, 7) is 0.709. The summed E-state index contributed by atoms with van der Waals surface area (Å²) in [5, 5.41) is 9.24. The van der Waals surface area contributed by atoms with Crippen molar-refractivity contribution in [2.45, 2.75) is 38.1 Å². The monoisotopic (exact) mass is 280 g/mol. The number of rotatable bonds is 5. The average Bonchev–Trinajstić information content (AvgIpc) is 2.46. The fourth-order valence-electron chi connectivity index (χ4n) is 2.58. The highest BCUT2D eigenvalue weighted by Crippen LogP contribution is 2.25. The van der Waals surface area contributed by atoms with Gasteiger partial charge in [0.25, 0.3) is 0 Å². The van der Waals surface area contributed by atoms with E-state index in [1.165, 1.54) is 19.3 Å². The number of hydrogen-bond donors (Lipinski definition) is 2. The number of aromatic nitrogens is 2. The topological polar surface area (TPSA) is 75.3 Å². The molecule has 0 saturated heterocycles. The van der Waals surface area contributed by atoms with Gasteiger partial charge < -0.3 is 15.7 Å². The molecule has 1 aliphatic rings. The van der Waals surface area contributed by atoms with Crippen molar-refractivity contribution in [3.8, 4) is 0 Å². The predicted molar refractivity (Wildman–Crippen MR) is 79.2 cm³/mol. The standard InChI is InChI=1S/C13H20N4OS/c14-13(19)11-8-16-12(9-15-11)17(6-7-18)10-4-2-1-3-5-10/h8-10,18H,1-7H2,(H2,14,19). The third-order valence-electron chi connectivity index (χ3n) is 3.54. The normalized spacial score (nSPS) is 16.3. The molecule has 1 aromatic heterocycles. The lowest BCUT2D eigenvalue weighted by Gasteiger charge is -2.34. The molecule has 6 heteroatoms. The quantitative estimate of drug-likeness (QED) is 0.791. The zero-order chi connectivity index (χ0) is 13.7. The zero-order valence-electron chi connectivity index (χ0n) is 11.0. The van der Waals surface area contributed by atoms with Crippen LogP contribution in [0.1, 0.15) is 37.8 Å². The number of nitrogens with two attached hydrogens (primary N) is 1. The molecule has 0 unspecified atom stereocenters. The van der Waals surface area contributed by atoms with E-state index < -0.39 is 0 Å². The Morgan fingerprint density at radius 1 is 1.32 bits per heavy atom. The Hall–Kier alpha value is -1.27. The second-order valence-corrected chi connectivity index (χ2v) is 5.27. The summed E-state index contributed by atoms with van der Waals surface area (Å²) in [6.07, 6.45) is 9.38. The summed E-state index contributed by atoms with van der Waals surface area (Å²) in [4.78, 5) is 11.0. The van der Waals surface area contributed by atoms with Gasteiger partial charge in [-0.25, -0.2) is 9.97 Å². The largest absolute Gasteiger partial charge is 0.395 e. The number of thiocarbonyl (C=S) groups is 1. The fraction of sp³-hybridized carbons (Fsp3) is 0.615. The van der Waals surface area contributed by atoms with Gasteiger partial charge in [0, 0.05) is 12.6 Å². The summed E-state index contributed by atoms with van der Waals surface area (Å²) in [5.41, 5.74) is 6.05. The van der Waals surface area contributed by atoms with Crippen LogP contribution in [-0.4, -0.2) is 39.3 Å². The molecule has 5 nitrogen and oxygen atoms in total. The predicted octanol–water partition coefficient (Wildman–Crippen LogP) is 1.24. The maximum absolute atomic E-state index is 9.24. The van der Waals surface area contributed by atoms with Crippen LogP contribution < -0.4 is 10.6 Å². The van der Waals surface area contributed by atoms with Gasteiger partial charge in [-0.05, 0) is 12.8 Å². The highest BCUT2D eigenvalue weighted by Gasteiger charge is 2.22. The van der Waals surface area contributed by atoms with Crippen LogP contribution in [0.3, 0.4) is 0 Å². The van der Waals surface area contributed by atoms with Crippen LogP contribution in [0.5, 0.6) is 0 Å². The molecule has 1 saturated carbocycles. The van der Waals surface area contributed by atoms with E-state index in [0.29, 0.717) is 18.3 Å². The van der Waals surface area contributed by atoms with Gasteiger partial charge in [0.1, 0.15) is 16.5 Å². The molecule has 0 amide bonds. The Morgan fingerprint density at radius 2 is 2.05 bits per heavy atom. The number of nitrogens with zero attached hydrogens (tertiary/aromatic N) is 3. The zero-order valence-corrected chi connectivity index (χ0v) is 11.8. The molecule has 104 valence electrons. The third-order valence-corrected chi connectivity index (χ3v) is 3.75. The van der Waals surface area contributed by atoms with Gasteiger partial charge in [-0.2, -0.15) is 0 Å². The number of aliphatic hydroxyl groups is 1. The molecule has 0 bridgehead atoms. The molecule has 1 aliphatic carbocycles. The average molecular weight is 280 g/mol. The van der Waals surface area contributed by atoms with Gasteiger partial charge in [-0.15, -0.1) is 0 Å². The van der Waals surface area contributed by atoms with Gasteiger partial charge >= 0.3 is 0 Å². The second kappa shape index (κ2) is 6.77. The first kappa shape index (κ1) is 14.1. The lowest BCUT2D eigenvalue weighted by Crippen LogP contribution is -2.39. The van der Waals surface area contributed by atoms with Crippen LogP contribution in [0.2, 0.25) is 0 Å². The SMILES string of the molecule is NC(=S)c1cnc(N(CCO)C2CCCCC2)cn1. The van der Waals surface area contributed by atoms with E-state index in [2.05, 4.69) is 14.9 Å². The van der Waals surface area contributed by atoms with Crippen LogP contribution in [0.4, 0.5) is 5.82 Å². The maximum atomic E-state index is 9.24. The van der Waals surface area contributed by atoms with Crippen molar-refractivity contribution in [3.63, 3.8) is 0 Å². The molecule has 0 aliphatic heterocycles. The molecule has 3 N–H and O–H groups in total. The van der Waals surface area contributed by atoms with Crippen molar-refractivity contribution < 1.29 is 5.11 Å². The van der Waals surface area contributed by atoms with Gasteiger partial charge in [-0.3, -0.25) is 0 Å². The fourth-order valence-corrected chi connectivity index (χ4v) is 2.69. The molecule has 19 heavy (non-hydrogen) atoms. The molecule has 1 heterocycles. The van der Waals surface area contributed by atoms with Gasteiger partial charge in [0.15, 0.2) is 0 Å².